The normalized spacial score (nSPS) is 23.6. The lowest BCUT2D eigenvalue weighted by molar-refractivity contribution is 0.0299. The monoisotopic (exact) mass is 324 g/mol. The maximum Gasteiger partial charge on any atom is 0.0679 e. The quantitative estimate of drug-likeness (QED) is 0.486. The van der Waals surface area contributed by atoms with Gasteiger partial charge in [-0.3, -0.25) is 10.2 Å². The minimum Gasteiger partial charge on any atom is -0.298 e. The van der Waals surface area contributed by atoms with E-state index >= 15 is 0 Å². The van der Waals surface area contributed by atoms with Crippen LogP contribution in [0.15, 0.2) is 0 Å². The van der Waals surface area contributed by atoms with Crippen LogP contribution in [0, 0.1) is 0 Å². The molecule has 0 aromatic heterocycles. The summed E-state index contributed by atoms with van der Waals surface area (Å²) in [4.78, 5) is 2.53. The Labute approximate surface area is 108 Å². The maximum absolute atomic E-state index is 3.74. The molecule has 2 nitrogen and oxygen atoms in total. The van der Waals surface area contributed by atoms with Gasteiger partial charge in [0.15, 0.2) is 0 Å². The van der Waals surface area contributed by atoms with Crippen molar-refractivity contribution < 1.29 is 0 Å². The number of nitrogens with one attached hydrogen (secondary N) is 1. The molecule has 90 valence electrons. The Balaban J connectivity index is 2.28. The standard InChI is InChI=1S/C12H25IN2/c1-6-7-12(5,13)14-10-8-15(9-10)11(2,3)4/h10,14H,6-9H2,1-5H3. The summed E-state index contributed by atoms with van der Waals surface area (Å²) in [6.07, 6.45) is 2.50. The Morgan fingerprint density at radius 1 is 1.27 bits per heavy atom. The molecule has 0 bridgehead atoms. The number of hydrogen-bond donors (Lipinski definition) is 1. The summed E-state index contributed by atoms with van der Waals surface area (Å²) in [5, 5.41) is 3.74. The smallest absolute Gasteiger partial charge is 0.0679 e. The van der Waals surface area contributed by atoms with Gasteiger partial charge in [0.25, 0.3) is 0 Å². The van der Waals surface area contributed by atoms with Crippen LogP contribution in [0.25, 0.3) is 0 Å². The number of likely N-dealkylation sites (tertiary alicyclic amines) is 1. The van der Waals surface area contributed by atoms with Gasteiger partial charge in [0.1, 0.15) is 0 Å². The predicted molar refractivity (Wildman–Crippen MR) is 75.6 cm³/mol. The Kier molecular flexibility index (Phi) is 4.46. The van der Waals surface area contributed by atoms with Gasteiger partial charge < -0.3 is 0 Å². The summed E-state index contributed by atoms with van der Waals surface area (Å²) >= 11 is 2.55. The second-order valence-electron chi connectivity index (χ2n) is 5.86. The van der Waals surface area contributed by atoms with Crippen molar-refractivity contribution in [3.63, 3.8) is 0 Å². The van der Waals surface area contributed by atoms with E-state index in [-0.39, 0.29) is 3.55 Å². The molecule has 0 radical (unpaired) electrons. The number of alkyl halides is 1. The van der Waals surface area contributed by atoms with Crippen LogP contribution in [-0.2, 0) is 0 Å². The third-order valence-corrected chi connectivity index (χ3v) is 3.91. The Morgan fingerprint density at radius 2 is 1.80 bits per heavy atom. The van der Waals surface area contributed by atoms with Crippen molar-refractivity contribution >= 4 is 22.6 Å². The summed E-state index contributed by atoms with van der Waals surface area (Å²) in [7, 11) is 0. The van der Waals surface area contributed by atoms with Crippen molar-refractivity contribution in [2.45, 2.75) is 62.6 Å². The maximum atomic E-state index is 3.74. The average molecular weight is 324 g/mol. The first-order chi connectivity index (χ1) is 6.74. The molecule has 1 saturated heterocycles. The summed E-state index contributed by atoms with van der Waals surface area (Å²) in [5.41, 5.74) is 0.338. The van der Waals surface area contributed by atoms with Gasteiger partial charge in [-0.25, -0.2) is 0 Å². The molecule has 0 amide bonds. The molecular weight excluding hydrogens is 299 g/mol. The van der Waals surface area contributed by atoms with E-state index in [1.54, 1.807) is 0 Å². The topological polar surface area (TPSA) is 15.3 Å². The molecule has 1 fully saturated rings. The van der Waals surface area contributed by atoms with Crippen molar-refractivity contribution in [3.8, 4) is 0 Å². The zero-order chi connectivity index (χ0) is 11.7. The Bertz CT molecular complexity index is 202. The molecule has 0 spiro atoms. The van der Waals surface area contributed by atoms with Crippen molar-refractivity contribution in [1.29, 1.82) is 0 Å². The zero-order valence-corrected chi connectivity index (χ0v) is 12.9. The summed E-state index contributed by atoms with van der Waals surface area (Å²) < 4.78 is 0.279. The van der Waals surface area contributed by atoms with Crippen LogP contribution >= 0.6 is 22.6 Å². The fraction of sp³-hybridized carbons (Fsp3) is 1.00. The van der Waals surface area contributed by atoms with Crippen molar-refractivity contribution in [2.75, 3.05) is 13.1 Å². The average Bonchev–Trinajstić information content (AvgIpc) is 1.93. The van der Waals surface area contributed by atoms with E-state index in [4.69, 9.17) is 0 Å². The van der Waals surface area contributed by atoms with E-state index in [2.05, 4.69) is 67.4 Å². The molecule has 0 aromatic carbocycles. The van der Waals surface area contributed by atoms with Crippen LogP contribution in [0.2, 0.25) is 0 Å². The first kappa shape index (κ1) is 13.7. The molecule has 1 N–H and O–H groups in total. The van der Waals surface area contributed by atoms with Crippen LogP contribution in [0.5, 0.6) is 0 Å². The first-order valence-electron chi connectivity index (χ1n) is 5.96. The summed E-state index contributed by atoms with van der Waals surface area (Å²) in [5.74, 6) is 0. The van der Waals surface area contributed by atoms with Crippen LogP contribution in [0.4, 0.5) is 0 Å². The second kappa shape index (κ2) is 4.88. The zero-order valence-electron chi connectivity index (χ0n) is 10.7. The number of rotatable bonds is 4. The Morgan fingerprint density at radius 3 is 2.20 bits per heavy atom. The first-order valence-corrected chi connectivity index (χ1v) is 7.04. The van der Waals surface area contributed by atoms with Gasteiger partial charge in [-0.05, 0) is 34.1 Å². The highest BCUT2D eigenvalue weighted by atomic mass is 127. The van der Waals surface area contributed by atoms with Gasteiger partial charge >= 0.3 is 0 Å². The molecule has 15 heavy (non-hydrogen) atoms. The van der Waals surface area contributed by atoms with E-state index < -0.39 is 0 Å². The minimum atomic E-state index is 0.279. The lowest BCUT2D eigenvalue weighted by Crippen LogP contribution is -2.66. The SMILES string of the molecule is CCCC(C)(I)NC1CN(C(C)(C)C)C1. The highest BCUT2D eigenvalue weighted by Crippen LogP contribution is 2.26. The molecule has 1 aliphatic rings. The summed E-state index contributed by atoms with van der Waals surface area (Å²) in [6, 6.07) is 0.692. The van der Waals surface area contributed by atoms with E-state index in [1.165, 1.54) is 25.9 Å². The molecule has 3 heteroatoms. The van der Waals surface area contributed by atoms with Crippen LogP contribution in [0.1, 0.15) is 47.5 Å². The predicted octanol–water partition coefficient (Wildman–Crippen LogP) is 3.01. The third kappa shape index (κ3) is 4.19. The third-order valence-electron chi connectivity index (χ3n) is 3.05. The van der Waals surface area contributed by atoms with Crippen molar-refractivity contribution in [1.82, 2.24) is 10.2 Å². The van der Waals surface area contributed by atoms with Gasteiger partial charge in [-0.15, -0.1) is 0 Å². The summed E-state index contributed by atoms with van der Waals surface area (Å²) in [6.45, 7) is 13.8. The van der Waals surface area contributed by atoms with E-state index in [9.17, 15) is 0 Å². The van der Waals surface area contributed by atoms with Gasteiger partial charge in [0.2, 0.25) is 0 Å². The van der Waals surface area contributed by atoms with Crippen LogP contribution in [0.3, 0.4) is 0 Å². The number of nitrogens with zero attached hydrogens (tertiary/aromatic N) is 1. The lowest BCUT2D eigenvalue weighted by atomic mass is 9.97. The number of halogens is 1. The largest absolute Gasteiger partial charge is 0.298 e. The highest BCUT2D eigenvalue weighted by Gasteiger charge is 2.36. The number of hydrogen-bond acceptors (Lipinski definition) is 2. The molecule has 1 aliphatic heterocycles. The van der Waals surface area contributed by atoms with E-state index in [0.29, 0.717) is 11.6 Å². The fourth-order valence-corrected chi connectivity index (χ4v) is 3.06. The van der Waals surface area contributed by atoms with Gasteiger partial charge in [-0.2, -0.15) is 0 Å². The van der Waals surface area contributed by atoms with E-state index in [1.807, 2.05) is 0 Å². The molecule has 0 aliphatic carbocycles. The van der Waals surface area contributed by atoms with Gasteiger partial charge in [0.05, 0.1) is 3.55 Å². The fourth-order valence-electron chi connectivity index (χ4n) is 2.08. The van der Waals surface area contributed by atoms with Crippen molar-refractivity contribution in [3.05, 3.63) is 0 Å². The molecule has 1 rings (SSSR count). The molecule has 1 unspecified atom stereocenters. The minimum absolute atomic E-state index is 0.279. The highest BCUT2D eigenvalue weighted by molar-refractivity contribution is 14.1. The second-order valence-corrected chi connectivity index (χ2v) is 8.25. The molecular formula is C12H25IN2. The van der Waals surface area contributed by atoms with E-state index in [0.717, 1.165) is 0 Å². The van der Waals surface area contributed by atoms with Crippen LogP contribution in [-0.4, -0.2) is 33.1 Å². The Hall–Kier alpha value is 0.650. The molecule has 1 heterocycles. The molecule has 1 atom stereocenters. The van der Waals surface area contributed by atoms with Crippen molar-refractivity contribution in [2.24, 2.45) is 0 Å². The van der Waals surface area contributed by atoms with Gasteiger partial charge in [-0.1, -0.05) is 35.9 Å². The molecule has 0 aromatic rings. The lowest BCUT2D eigenvalue weighted by Gasteiger charge is -2.49. The van der Waals surface area contributed by atoms with Crippen LogP contribution < -0.4 is 5.32 Å². The van der Waals surface area contributed by atoms with Gasteiger partial charge in [0, 0.05) is 24.7 Å². The molecule has 0 saturated carbocycles.